The lowest BCUT2D eigenvalue weighted by Gasteiger charge is -2.30. The Kier molecular flexibility index (Phi) is 4.62. The number of ether oxygens (including phenoxy) is 1. The maximum absolute atomic E-state index is 12.9. The highest BCUT2D eigenvalue weighted by Gasteiger charge is 2.34. The molecule has 2 aliphatic rings. The van der Waals surface area contributed by atoms with Crippen molar-refractivity contribution in [1.29, 1.82) is 0 Å². The van der Waals surface area contributed by atoms with Gasteiger partial charge in [0, 0.05) is 45.2 Å². The third kappa shape index (κ3) is 3.48. The fraction of sp³-hybridized carbons (Fsp3) is 0.714. The second-order valence-electron chi connectivity index (χ2n) is 5.72. The smallest absolute Gasteiger partial charge is 0.225 e. The highest BCUT2D eigenvalue weighted by Crippen LogP contribution is 2.27. The van der Waals surface area contributed by atoms with Crippen molar-refractivity contribution in [2.45, 2.75) is 0 Å². The third-order valence-electron chi connectivity index (χ3n) is 4.30. The maximum Gasteiger partial charge on any atom is 0.225 e. The zero-order valence-electron chi connectivity index (χ0n) is 12.0. The Hall–Kier alpha value is -1.31. The summed E-state index contributed by atoms with van der Waals surface area (Å²) in [6.07, 6.45) is 2.37. The molecule has 1 aromatic rings. The van der Waals surface area contributed by atoms with Crippen LogP contribution in [0.3, 0.4) is 0 Å². The Morgan fingerprint density at radius 2 is 1.86 bits per heavy atom. The van der Waals surface area contributed by atoms with Crippen LogP contribution in [0.2, 0.25) is 0 Å². The molecule has 6 nitrogen and oxygen atoms in total. The van der Waals surface area contributed by atoms with E-state index in [-0.39, 0.29) is 12.5 Å². The zero-order valence-corrected chi connectivity index (χ0v) is 12.0. The molecular weight excluding hydrogens is 275 g/mol. The molecular formula is C14H21FN4O2. The van der Waals surface area contributed by atoms with Gasteiger partial charge in [0.1, 0.15) is 0 Å². The minimum absolute atomic E-state index is 0.159. The van der Waals surface area contributed by atoms with Crippen molar-refractivity contribution in [2.75, 3.05) is 57.4 Å². The Morgan fingerprint density at radius 3 is 2.52 bits per heavy atom. The van der Waals surface area contributed by atoms with E-state index in [1.165, 1.54) is 12.4 Å². The molecule has 3 rings (SSSR count). The van der Waals surface area contributed by atoms with Gasteiger partial charge < -0.3 is 14.7 Å². The summed E-state index contributed by atoms with van der Waals surface area (Å²) >= 11 is 0. The Balaban J connectivity index is 1.63. The number of hydrogen-bond donors (Lipinski definition) is 1. The summed E-state index contributed by atoms with van der Waals surface area (Å²) in [6, 6.07) is 0. The van der Waals surface area contributed by atoms with Gasteiger partial charge in [-0.2, -0.15) is 0 Å². The number of rotatable bonds is 4. The largest absolute Gasteiger partial charge is 0.396 e. The van der Waals surface area contributed by atoms with Crippen molar-refractivity contribution in [2.24, 2.45) is 11.8 Å². The standard InChI is InChI=1S/C14H21FN4O2/c15-13-5-16-14(17-6-13)19-8-11(12(9-19)10-20)7-18-1-3-21-4-2-18/h5-6,11-12,20H,1-4,7-10H2/t11-,12-/m1/s1. The number of aliphatic hydroxyl groups excluding tert-OH is 1. The highest BCUT2D eigenvalue weighted by molar-refractivity contribution is 5.31. The fourth-order valence-electron chi connectivity index (χ4n) is 3.10. The van der Waals surface area contributed by atoms with Gasteiger partial charge in [-0.15, -0.1) is 0 Å². The van der Waals surface area contributed by atoms with Crippen LogP contribution in [0, 0.1) is 17.7 Å². The number of anilines is 1. The van der Waals surface area contributed by atoms with Crippen LogP contribution in [0.5, 0.6) is 0 Å². The van der Waals surface area contributed by atoms with Gasteiger partial charge in [-0.1, -0.05) is 0 Å². The minimum atomic E-state index is -0.429. The van der Waals surface area contributed by atoms with Crippen LogP contribution >= 0.6 is 0 Å². The zero-order chi connectivity index (χ0) is 14.7. The molecule has 3 heterocycles. The van der Waals surface area contributed by atoms with Gasteiger partial charge in [0.25, 0.3) is 0 Å². The molecule has 0 unspecified atom stereocenters. The summed E-state index contributed by atoms with van der Waals surface area (Å²) in [5.41, 5.74) is 0. The van der Waals surface area contributed by atoms with Crippen molar-refractivity contribution in [3.8, 4) is 0 Å². The first-order valence-electron chi connectivity index (χ1n) is 7.39. The topological polar surface area (TPSA) is 61.7 Å². The van der Waals surface area contributed by atoms with Crippen LogP contribution in [0.1, 0.15) is 0 Å². The molecule has 1 N–H and O–H groups in total. The van der Waals surface area contributed by atoms with Crippen LogP contribution in [0.4, 0.5) is 10.3 Å². The summed E-state index contributed by atoms with van der Waals surface area (Å²) in [5.74, 6) is 0.698. The quantitative estimate of drug-likeness (QED) is 0.843. The van der Waals surface area contributed by atoms with Gasteiger partial charge in [-0.3, -0.25) is 4.90 Å². The second kappa shape index (κ2) is 6.64. The number of aliphatic hydroxyl groups is 1. The van der Waals surface area contributed by atoms with E-state index >= 15 is 0 Å². The SMILES string of the molecule is OC[C@H]1CN(c2ncc(F)cn2)C[C@H]1CN1CCOCC1. The van der Waals surface area contributed by atoms with Crippen molar-refractivity contribution >= 4 is 5.95 Å². The van der Waals surface area contributed by atoms with Gasteiger partial charge in [0.15, 0.2) is 5.82 Å². The van der Waals surface area contributed by atoms with Crippen molar-refractivity contribution in [1.82, 2.24) is 14.9 Å². The van der Waals surface area contributed by atoms with Crippen LogP contribution in [0.25, 0.3) is 0 Å². The molecule has 0 amide bonds. The van der Waals surface area contributed by atoms with Gasteiger partial charge >= 0.3 is 0 Å². The summed E-state index contributed by atoms with van der Waals surface area (Å²) < 4.78 is 18.3. The third-order valence-corrected chi connectivity index (χ3v) is 4.30. The van der Waals surface area contributed by atoms with E-state index in [2.05, 4.69) is 14.9 Å². The minimum Gasteiger partial charge on any atom is -0.396 e. The van der Waals surface area contributed by atoms with Gasteiger partial charge in [0.2, 0.25) is 5.95 Å². The van der Waals surface area contributed by atoms with Crippen molar-refractivity contribution in [3.05, 3.63) is 18.2 Å². The Labute approximate surface area is 123 Å². The molecule has 116 valence electrons. The summed E-state index contributed by atoms with van der Waals surface area (Å²) in [7, 11) is 0. The van der Waals surface area contributed by atoms with Crippen LogP contribution in [-0.4, -0.2) is 72.5 Å². The molecule has 1 aromatic heterocycles. The van der Waals surface area contributed by atoms with E-state index in [9.17, 15) is 9.50 Å². The molecule has 21 heavy (non-hydrogen) atoms. The number of hydrogen-bond acceptors (Lipinski definition) is 6. The van der Waals surface area contributed by atoms with Crippen molar-refractivity contribution in [3.63, 3.8) is 0 Å². The van der Waals surface area contributed by atoms with Gasteiger partial charge in [-0.25, -0.2) is 14.4 Å². The monoisotopic (exact) mass is 296 g/mol. The lowest BCUT2D eigenvalue weighted by atomic mass is 9.96. The van der Waals surface area contributed by atoms with E-state index < -0.39 is 5.82 Å². The first-order valence-corrected chi connectivity index (χ1v) is 7.39. The number of halogens is 1. The first-order chi connectivity index (χ1) is 10.3. The molecule has 0 saturated carbocycles. The molecule has 0 aliphatic carbocycles. The molecule has 2 saturated heterocycles. The maximum atomic E-state index is 12.9. The van der Waals surface area contributed by atoms with Crippen LogP contribution < -0.4 is 4.90 Å². The van der Waals surface area contributed by atoms with E-state index in [1.807, 2.05) is 4.90 Å². The van der Waals surface area contributed by atoms with Gasteiger partial charge in [0.05, 0.1) is 25.6 Å². The molecule has 2 fully saturated rings. The lowest BCUT2D eigenvalue weighted by molar-refractivity contribution is 0.0268. The molecule has 0 bridgehead atoms. The summed E-state index contributed by atoms with van der Waals surface area (Å²) in [4.78, 5) is 12.5. The number of nitrogens with zero attached hydrogens (tertiary/aromatic N) is 4. The molecule has 0 radical (unpaired) electrons. The van der Waals surface area contributed by atoms with Crippen molar-refractivity contribution < 1.29 is 14.2 Å². The van der Waals surface area contributed by atoms with E-state index in [4.69, 9.17) is 4.74 Å². The Bertz CT molecular complexity index is 453. The second-order valence-corrected chi connectivity index (χ2v) is 5.72. The van der Waals surface area contributed by atoms with Crippen LogP contribution in [-0.2, 0) is 4.74 Å². The van der Waals surface area contributed by atoms with E-state index in [0.29, 0.717) is 11.9 Å². The predicted molar refractivity (Wildman–Crippen MR) is 75.5 cm³/mol. The average Bonchev–Trinajstić information content (AvgIpc) is 2.92. The normalized spacial score (nSPS) is 27.2. The fourth-order valence-corrected chi connectivity index (χ4v) is 3.10. The predicted octanol–water partition coefficient (Wildman–Crippen LogP) is -0.00740. The molecule has 0 aromatic carbocycles. The first kappa shape index (κ1) is 14.6. The number of morpholine rings is 1. The number of aromatic nitrogens is 2. The highest BCUT2D eigenvalue weighted by atomic mass is 19.1. The summed E-state index contributed by atoms with van der Waals surface area (Å²) in [5, 5.41) is 9.60. The molecule has 2 atom stereocenters. The molecule has 2 aliphatic heterocycles. The van der Waals surface area contributed by atoms with E-state index in [1.54, 1.807) is 0 Å². The average molecular weight is 296 g/mol. The van der Waals surface area contributed by atoms with E-state index in [0.717, 1.165) is 45.9 Å². The molecule has 7 heteroatoms. The Morgan fingerprint density at radius 1 is 1.19 bits per heavy atom. The molecule has 0 spiro atoms. The lowest BCUT2D eigenvalue weighted by Crippen LogP contribution is -2.41. The van der Waals surface area contributed by atoms with Gasteiger partial charge in [-0.05, 0) is 5.92 Å². The van der Waals surface area contributed by atoms with Crippen LogP contribution in [0.15, 0.2) is 12.4 Å². The summed E-state index contributed by atoms with van der Waals surface area (Å²) in [6.45, 7) is 6.08.